The number of alkyl halides is 6. The van der Waals surface area contributed by atoms with Crippen molar-refractivity contribution in [1.82, 2.24) is 10.3 Å². The van der Waals surface area contributed by atoms with Crippen molar-refractivity contribution in [3.63, 3.8) is 0 Å². The van der Waals surface area contributed by atoms with Gasteiger partial charge in [-0.25, -0.2) is 0 Å². The van der Waals surface area contributed by atoms with Crippen molar-refractivity contribution in [2.45, 2.75) is 50.4 Å². The maximum Gasteiger partial charge on any atom is 0.573 e. The van der Waals surface area contributed by atoms with Gasteiger partial charge in [-0.1, -0.05) is 18.2 Å². The number of rotatable bonds is 6. The molecular weight excluding hydrogens is 526 g/mol. The average molecular weight is 548 g/mol. The van der Waals surface area contributed by atoms with Crippen LogP contribution in [0.2, 0.25) is 0 Å². The van der Waals surface area contributed by atoms with Crippen LogP contribution in [0.15, 0.2) is 66.9 Å². The second kappa shape index (κ2) is 10.2. The van der Waals surface area contributed by atoms with Gasteiger partial charge in [-0.2, -0.15) is 18.4 Å². The number of nitrogens with zero attached hydrogens (tertiary/aromatic N) is 3. The topological polar surface area (TPSA) is 78.2 Å². The molecule has 0 radical (unpaired) electrons. The number of ether oxygens (including phenoxy) is 1. The van der Waals surface area contributed by atoms with Crippen LogP contribution in [0.4, 0.5) is 32.0 Å². The molecule has 1 aromatic heterocycles. The van der Waals surface area contributed by atoms with Gasteiger partial charge in [0, 0.05) is 17.4 Å². The number of nitrogens with one attached hydrogen (secondary N) is 1. The Balaban J connectivity index is 1.67. The monoisotopic (exact) mass is 548 g/mol. The van der Waals surface area contributed by atoms with E-state index >= 15 is 0 Å². The van der Waals surface area contributed by atoms with Gasteiger partial charge in [0.25, 0.3) is 0 Å². The Labute approximate surface area is 219 Å². The number of carbonyl (C=O) groups is 1. The summed E-state index contributed by atoms with van der Waals surface area (Å²) in [6.45, 7) is 3.36. The molecule has 2 heterocycles. The van der Waals surface area contributed by atoms with E-state index in [1.54, 1.807) is 32.0 Å². The van der Waals surface area contributed by atoms with Gasteiger partial charge >= 0.3 is 12.5 Å². The van der Waals surface area contributed by atoms with Gasteiger partial charge < -0.3 is 9.64 Å². The molecule has 6 nitrogen and oxygen atoms in total. The van der Waals surface area contributed by atoms with Crippen LogP contribution in [0.1, 0.15) is 48.7 Å². The number of pyridine rings is 1. The summed E-state index contributed by atoms with van der Waals surface area (Å²) in [6.07, 6.45) is -8.29. The van der Waals surface area contributed by atoms with Gasteiger partial charge in [-0.05, 0) is 73.9 Å². The lowest BCUT2D eigenvalue weighted by Gasteiger charge is -2.30. The number of nitriles is 1. The third kappa shape index (κ3) is 6.31. The SMILES string of the molecule is CC(C)(N[C@@H]1C[C@H](c2cccc(OC(F)(F)F)c2)N(c2ccc(C#N)cc2)C1=O)c1ccc(C(F)(F)F)nc1. The number of amides is 1. The van der Waals surface area contributed by atoms with Crippen molar-refractivity contribution in [3.8, 4) is 11.8 Å². The highest BCUT2D eigenvalue weighted by Gasteiger charge is 2.44. The fourth-order valence-electron chi connectivity index (χ4n) is 4.53. The van der Waals surface area contributed by atoms with Crippen LogP contribution in [0, 0.1) is 11.3 Å². The van der Waals surface area contributed by atoms with Crippen LogP contribution in [0.25, 0.3) is 0 Å². The Morgan fingerprint density at radius 2 is 1.72 bits per heavy atom. The van der Waals surface area contributed by atoms with E-state index in [1.165, 1.54) is 35.2 Å². The second-order valence-corrected chi connectivity index (χ2v) is 9.49. The number of hydrogen-bond acceptors (Lipinski definition) is 5. The van der Waals surface area contributed by atoms with Gasteiger partial charge in [0.1, 0.15) is 11.4 Å². The first kappa shape index (κ1) is 27.9. The summed E-state index contributed by atoms with van der Waals surface area (Å²) >= 11 is 0. The third-order valence-corrected chi connectivity index (χ3v) is 6.37. The predicted octanol–water partition coefficient (Wildman–Crippen LogP) is 6.24. The lowest BCUT2D eigenvalue weighted by Crippen LogP contribution is -2.47. The van der Waals surface area contributed by atoms with Crippen LogP contribution < -0.4 is 15.0 Å². The van der Waals surface area contributed by atoms with Crippen LogP contribution in [0.3, 0.4) is 0 Å². The first-order valence-electron chi connectivity index (χ1n) is 11.7. The first-order chi connectivity index (χ1) is 18.2. The van der Waals surface area contributed by atoms with Crippen LogP contribution in [-0.2, 0) is 16.5 Å². The molecule has 0 saturated carbocycles. The molecule has 12 heteroatoms. The zero-order chi connectivity index (χ0) is 28.6. The van der Waals surface area contributed by atoms with Crippen molar-refractivity contribution in [2.24, 2.45) is 0 Å². The van der Waals surface area contributed by atoms with E-state index in [2.05, 4.69) is 15.0 Å². The van der Waals surface area contributed by atoms with Crippen LogP contribution >= 0.6 is 0 Å². The predicted molar refractivity (Wildman–Crippen MR) is 128 cm³/mol. The van der Waals surface area contributed by atoms with Crippen molar-refractivity contribution >= 4 is 11.6 Å². The van der Waals surface area contributed by atoms with E-state index in [4.69, 9.17) is 5.26 Å². The molecule has 3 aromatic rings. The summed E-state index contributed by atoms with van der Waals surface area (Å²) in [5.74, 6) is -0.848. The van der Waals surface area contributed by atoms with Crippen molar-refractivity contribution in [2.75, 3.05) is 4.90 Å². The Kier molecular flexibility index (Phi) is 7.32. The highest BCUT2D eigenvalue weighted by Crippen LogP contribution is 2.40. The quantitative estimate of drug-likeness (QED) is 0.369. The molecular formula is C27H22F6N4O2. The number of aromatic nitrogens is 1. The minimum atomic E-state index is -4.90. The number of anilines is 1. The molecule has 204 valence electrons. The van der Waals surface area contributed by atoms with E-state index in [1.807, 2.05) is 6.07 Å². The fraction of sp³-hybridized carbons (Fsp3) is 0.296. The van der Waals surface area contributed by atoms with E-state index in [0.29, 0.717) is 22.4 Å². The normalized spacial score (nSPS) is 18.2. The molecule has 1 amide bonds. The largest absolute Gasteiger partial charge is 0.573 e. The van der Waals surface area contributed by atoms with E-state index in [-0.39, 0.29) is 6.42 Å². The highest BCUT2D eigenvalue weighted by atomic mass is 19.4. The third-order valence-electron chi connectivity index (χ3n) is 6.37. The molecule has 1 fully saturated rings. The highest BCUT2D eigenvalue weighted by molar-refractivity contribution is 6.00. The van der Waals surface area contributed by atoms with Crippen LogP contribution in [0.5, 0.6) is 5.75 Å². The fourth-order valence-corrected chi connectivity index (χ4v) is 4.53. The van der Waals surface area contributed by atoms with Gasteiger partial charge in [-0.15, -0.1) is 13.2 Å². The van der Waals surface area contributed by atoms with E-state index < -0.39 is 47.5 Å². The number of carbonyl (C=O) groups excluding carboxylic acids is 1. The summed E-state index contributed by atoms with van der Waals surface area (Å²) < 4.78 is 81.4. The lowest BCUT2D eigenvalue weighted by molar-refractivity contribution is -0.274. The molecule has 1 N–H and O–H groups in total. The second-order valence-electron chi connectivity index (χ2n) is 9.49. The van der Waals surface area contributed by atoms with Crippen molar-refractivity contribution in [3.05, 3.63) is 89.2 Å². The van der Waals surface area contributed by atoms with E-state index in [0.717, 1.165) is 18.3 Å². The molecule has 4 rings (SSSR count). The Bertz CT molecular complexity index is 1380. The van der Waals surface area contributed by atoms with Crippen LogP contribution in [-0.4, -0.2) is 23.3 Å². The Morgan fingerprint density at radius 1 is 1.03 bits per heavy atom. The molecule has 1 aliphatic rings. The summed E-state index contributed by atoms with van der Waals surface area (Å²) in [6, 6.07) is 14.0. The Hall–Kier alpha value is -4.11. The van der Waals surface area contributed by atoms with Crippen molar-refractivity contribution < 1.29 is 35.9 Å². The molecule has 2 aromatic carbocycles. The smallest absolute Gasteiger partial charge is 0.406 e. The molecule has 39 heavy (non-hydrogen) atoms. The minimum Gasteiger partial charge on any atom is -0.406 e. The molecule has 0 spiro atoms. The summed E-state index contributed by atoms with van der Waals surface area (Å²) in [4.78, 5) is 18.6. The van der Waals surface area contributed by atoms with E-state index in [9.17, 15) is 31.1 Å². The minimum absolute atomic E-state index is 0.131. The molecule has 0 aliphatic carbocycles. The molecule has 1 saturated heterocycles. The maximum atomic E-state index is 13.7. The molecule has 1 aliphatic heterocycles. The van der Waals surface area contributed by atoms with Gasteiger partial charge in [0.05, 0.1) is 23.7 Å². The Morgan fingerprint density at radius 3 is 2.28 bits per heavy atom. The van der Waals surface area contributed by atoms with Gasteiger partial charge in [-0.3, -0.25) is 15.1 Å². The van der Waals surface area contributed by atoms with Gasteiger partial charge in [0.15, 0.2) is 0 Å². The molecule has 0 unspecified atom stereocenters. The van der Waals surface area contributed by atoms with Crippen molar-refractivity contribution in [1.29, 1.82) is 5.26 Å². The number of hydrogen-bond donors (Lipinski definition) is 1. The molecule has 0 bridgehead atoms. The molecule has 2 atom stereocenters. The zero-order valence-corrected chi connectivity index (χ0v) is 20.6. The lowest BCUT2D eigenvalue weighted by atomic mass is 9.93. The first-order valence-corrected chi connectivity index (χ1v) is 11.7. The van der Waals surface area contributed by atoms with Gasteiger partial charge in [0.2, 0.25) is 5.91 Å². The maximum absolute atomic E-state index is 13.7. The standard InChI is InChI=1S/C27H22F6N4O2/c1-25(2,18-8-11-23(35-15-18)26(28,29)30)36-21-13-22(17-4-3-5-20(12-17)39-27(31,32)33)37(24(21)38)19-9-6-16(14-34)7-10-19/h3-12,15,21-22,36H,13H2,1-2H3/t21-,22-/m1/s1. The average Bonchev–Trinajstić information content (AvgIpc) is 3.18. The summed E-state index contributed by atoms with van der Waals surface area (Å²) in [5, 5.41) is 12.3. The number of halogens is 6. The summed E-state index contributed by atoms with van der Waals surface area (Å²) in [5.41, 5.74) is -0.487. The number of benzene rings is 2. The summed E-state index contributed by atoms with van der Waals surface area (Å²) in [7, 11) is 0. The zero-order valence-electron chi connectivity index (χ0n) is 20.6.